The monoisotopic (exact) mass is 368 g/mol. The Kier molecular flexibility index (Phi) is 6.63. The predicted molar refractivity (Wildman–Crippen MR) is 107 cm³/mol. The summed E-state index contributed by atoms with van der Waals surface area (Å²) in [7, 11) is 0. The molecule has 0 amide bonds. The number of carbonyl (C=O) groups is 1. The van der Waals surface area contributed by atoms with Crippen LogP contribution in [0.3, 0.4) is 0 Å². The van der Waals surface area contributed by atoms with E-state index in [-0.39, 0.29) is 6.42 Å². The van der Waals surface area contributed by atoms with Crippen molar-refractivity contribution in [3.05, 3.63) is 47.4 Å². The number of aliphatic carboxylic acids is 1. The molecule has 1 aliphatic heterocycles. The quantitative estimate of drug-likeness (QED) is 0.660. The van der Waals surface area contributed by atoms with E-state index in [0.717, 1.165) is 61.8 Å². The third-order valence-corrected chi connectivity index (χ3v) is 4.79. The van der Waals surface area contributed by atoms with Crippen LogP contribution >= 0.6 is 0 Å². The van der Waals surface area contributed by atoms with Gasteiger partial charge >= 0.3 is 5.97 Å². The van der Waals surface area contributed by atoms with Gasteiger partial charge < -0.3 is 15.3 Å². The SMILES string of the molecule is CCCCNc1cccc(Cc2ncc(CC(=O)O)c(N3CCCC3)n2)c1. The Bertz CT molecular complexity index is 773. The normalized spacial score (nSPS) is 13.7. The zero-order valence-corrected chi connectivity index (χ0v) is 15.9. The second-order valence-electron chi connectivity index (χ2n) is 7.06. The molecule has 1 aromatic heterocycles. The Hall–Kier alpha value is -2.63. The Labute approximate surface area is 160 Å². The fourth-order valence-electron chi connectivity index (χ4n) is 3.39. The lowest BCUT2D eigenvalue weighted by atomic mass is 10.1. The van der Waals surface area contributed by atoms with Crippen molar-refractivity contribution in [3.63, 3.8) is 0 Å². The van der Waals surface area contributed by atoms with Gasteiger partial charge in [-0.1, -0.05) is 25.5 Å². The van der Waals surface area contributed by atoms with Crippen molar-refractivity contribution in [2.24, 2.45) is 0 Å². The predicted octanol–water partition coefficient (Wildman–Crippen LogP) is 3.51. The average molecular weight is 368 g/mol. The third-order valence-electron chi connectivity index (χ3n) is 4.79. The van der Waals surface area contributed by atoms with Crippen molar-refractivity contribution in [3.8, 4) is 0 Å². The lowest BCUT2D eigenvalue weighted by Crippen LogP contribution is -2.22. The van der Waals surface area contributed by atoms with E-state index in [1.54, 1.807) is 6.20 Å². The molecule has 2 aromatic rings. The first kappa shape index (κ1) is 19.1. The fraction of sp³-hybridized carbons (Fsp3) is 0.476. The number of carboxylic acids is 1. The first-order valence-electron chi connectivity index (χ1n) is 9.80. The maximum absolute atomic E-state index is 11.2. The Balaban J connectivity index is 1.77. The topological polar surface area (TPSA) is 78.3 Å². The molecule has 0 aliphatic carbocycles. The first-order chi connectivity index (χ1) is 13.2. The van der Waals surface area contributed by atoms with Gasteiger partial charge in [-0.25, -0.2) is 9.97 Å². The molecule has 1 fully saturated rings. The second kappa shape index (κ2) is 9.35. The highest BCUT2D eigenvalue weighted by Crippen LogP contribution is 2.23. The number of aromatic nitrogens is 2. The van der Waals surface area contributed by atoms with Gasteiger partial charge in [0.05, 0.1) is 6.42 Å². The van der Waals surface area contributed by atoms with Gasteiger partial charge in [0.25, 0.3) is 0 Å². The lowest BCUT2D eigenvalue weighted by Gasteiger charge is -2.20. The van der Waals surface area contributed by atoms with Crippen molar-refractivity contribution in [2.75, 3.05) is 29.9 Å². The van der Waals surface area contributed by atoms with E-state index in [0.29, 0.717) is 12.0 Å². The molecule has 1 aromatic carbocycles. The van der Waals surface area contributed by atoms with E-state index in [1.165, 1.54) is 6.42 Å². The second-order valence-corrected chi connectivity index (χ2v) is 7.06. The summed E-state index contributed by atoms with van der Waals surface area (Å²) < 4.78 is 0. The van der Waals surface area contributed by atoms with Gasteiger partial charge in [-0.05, 0) is 37.0 Å². The van der Waals surface area contributed by atoms with Crippen LogP contribution < -0.4 is 10.2 Å². The van der Waals surface area contributed by atoms with Gasteiger partial charge in [0, 0.05) is 43.5 Å². The van der Waals surface area contributed by atoms with Crippen LogP contribution in [-0.2, 0) is 17.6 Å². The molecule has 1 aliphatic rings. The number of benzene rings is 1. The molecule has 6 heteroatoms. The van der Waals surface area contributed by atoms with Crippen LogP contribution in [0.5, 0.6) is 0 Å². The summed E-state index contributed by atoms with van der Waals surface area (Å²) in [6.45, 7) is 5.01. The molecule has 2 heterocycles. The molecule has 0 bridgehead atoms. The molecular formula is C21H28N4O2. The third kappa shape index (κ3) is 5.42. The van der Waals surface area contributed by atoms with E-state index >= 15 is 0 Å². The molecule has 2 N–H and O–H groups in total. The van der Waals surface area contributed by atoms with Crippen LogP contribution in [0.15, 0.2) is 30.5 Å². The van der Waals surface area contributed by atoms with Crippen molar-refractivity contribution in [2.45, 2.75) is 45.4 Å². The summed E-state index contributed by atoms with van der Waals surface area (Å²) in [6.07, 6.45) is 6.85. The van der Waals surface area contributed by atoms with Gasteiger partial charge in [0.1, 0.15) is 11.6 Å². The summed E-state index contributed by atoms with van der Waals surface area (Å²) in [5, 5.41) is 12.6. The molecule has 1 saturated heterocycles. The van der Waals surface area contributed by atoms with Gasteiger partial charge in [0.2, 0.25) is 0 Å². The lowest BCUT2D eigenvalue weighted by molar-refractivity contribution is -0.136. The van der Waals surface area contributed by atoms with Crippen molar-refractivity contribution in [1.82, 2.24) is 9.97 Å². The molecule has 0 unspecified atom stereocenters. The minimum atomic E-state index is -0.849. The highest BCUT2D eigenvalue weighted by molar-refractivity contribution is 5.72. The molecule has 0 radical (unpaired) electrons. The van der Waals surface area contributed by atoms with E-state index in [9.17, 15) is 9.90 Å². The van der Waals surface area contributed by atoms with Gasteiger partial charge in [0.15, 0.2) is 0 Å². The number of nitrogens with one attached hydrogen (secondary N) is 1. The van der Waals surface area contributed by atoms with Crippen LogP contribution in [-0.4, -0.2) is 40.7 Å². The molecule has 0 spiro atoms. The Morgan fingerprint density at radius 3 is 2.85 bits per heavy atom. The molecule has 6 nitrogen and oxygen atoms in total. The number of nitrogens with zero attached hydrogens (tertiary/aromatic N) is 3. The summed E-state index contributed by atoms with van der Waals surface area (Å²) >= 11 is 0. The molecule has 0 atom stereocenters. The number of hydrogen-bond donors (Lipinski definition) is 2. The molecule has 144 valence electrons. The highest BCUT2D eigenvalue weighted by Gasteiger charge is 2.20. The van der Waals surface area contributed by atoms with E-state index in [2.05, 4.69) is 40.3 Å². The van der Waals surface area contributed by atoms with E-state index in [1.807, 2.05) is 6.07 Å². The Morgan fingerprint density at radius 2 is 2.11 bits per heavy atom. The average Bonchev–Trinajstić information content (AvgIpc) is 3.18. The number of anilines is 2. The first-order valence-corrected chi connectivity index (χ1v) is 9.80. The van der Waals surface area contributed by atoms with Gasteiger partial charge in [-0.2, -0.15) is 0 Å². The number of carboxylic acid groups (broad SMARTS) is 1. The van der Waals surface area contributed by atoms with Crippen molar-refractivity contribution < 1.29 is 9.90 Å². The minimum Gasteiger partial charge on any atom is -0.481 e. The largest absolute Gasteiger partial charge is 0.481 e. The standard InChI is InChI=1S/C21H28N4O2/c1-2-3-9-22-18-8-6-7-16(12-18)13-19-23-15-17(14-20(26)27)21(24-19)25-10-4-5-11-25/h6-8,12,15,22H,2-5,9-11,13-14H2,1H3,(H,26,27). The Morgan fingerprint density at radius 1 is 1.30 bits per heavy atom. The molecule has 27 heavy (non-hydrogen) atoms. The maximum atomic E-state index is 11.2. The van der Waals surface area contributed by atoms with E-state index in [4.69, 9.17) is 4.98 Å². The number of unbranched alkanes of at least 4 members (excludes halogenated alkanes) is 1. The smallest absolute Gasteiger partial charge is 0.308 e. The van der Waals surface area contributed by atoms with Crippen LogP contribution in [0.25, 0.3) is 0 Å². The summed E-state index contributed by atoms with van der Waals surface area (Å²) in [4.78, 5) is 22.5. The number of rotatable bonds is 9. The molecule has 3 rings (SSSR count). The summed E-state index contributed by atoms with van der Waals surface area (Å²) in [6, 6.07) is 8.34. The van der Waals surface area contributed by atoms with Gasteiger partial charge in [-0.3, -0.25) is 4.79 Å². The fourth-order valence-corrected chi connectivity index (χ4v) is 3.39. The summed E-state index contributed by atoms with van der Waals surface area (Å²) in [5.41, 5.74) is 2.96. The molecule has 0 saturated carbocycles. The summed E-state index contributed by atoms with van der Waals surface area (Å²) in [5.74, 6) is 0.673. The zero-order chi connectivity index (χ0) is 19.1. The molecular weight excluding hydrogens is 340 g/mol. The van der Waals surface area contributed by atoms with Crippen LogP contribution in [0.1, 0.15) is 49.6 Å². The zero-order valence-electron chi connectivity index (χ0n) is 15.9. The van der Waals surface area contributed by atoms with Crippen LogP contribution in [0.2, 0.25) is 0 Å². The van der Waals surface area contributed by atoms with Crippen LogP contribution in [0, 0.1) is 0 Å². The van der Waals surface area contributed by atoms with E-state index < -0.39 is 5.97 Å². The van der Waals surface area contributed by atoms with Crippen LogP contribution in [0.4, 0.5) is 11.5 Å². The van der Waals surface area contributed by atoms with Gasteiger partial charge in [-0.15, -0.1) is 0 Å². The van der Waals surface area contributed by atoms with Crippen molar-refractivity contribution in [1.29, 1.82) is 0 Å². The van der Waals surface area contributed by atoms with Crippen molar-refractivity contribution >= 4 is 17.5 Å². The maximum Gasteiger partial charge on any atom is 0.308 e. The minimum absolute atomic E-state index is 0.0387. The highest BCUT2D eigenvalue weighted by atomic mass is 16.4. The number of hydrogen-bond acceptors (Lipinski definition) is 5.